The molecule has 1 saturated carbocycles. The summed E-state index contributed by atoms with van der Waals surface area (Å²) in [4.78, 5) is 4.71. The second-order valence-corrected chi connectivity index (χ2v) is 10.9. The van der Waals surface area contributed by atoms with Crippen molar-refractivity contribution in [3.63, 3.8) is 0 Å². The average molecular weight is 517 g/mol. The number of pyridine rings is 1. The van der Waals surface area contributed by atoms with E-state index in [1.165, 1.54) is 48.8 Å². The number of fused-ring (bicyclic) bond motifs is 1. The van der Waals surface area contributed by atoms with Gasteiger partial charge in [0, 0.05) is 30.1 Å². The summed E-state index contributed by atoms with van der Waals surface area (Å²) in [6.45, 7) is 2.78. The molecule has 6 rings (SSSR count). The molecule has 0 radical (unpaired) electrons. The number of rotatable bonds is 8. The number of allylic oxidation sites excluding steroid dienone is 1. The molecule has 6 nitrogen and oxygen atoms in total. The van der Waals surface area contributed by atoms with Gasteiger partial charge in [-0.1, -0.05) is 72.0 Å². The van der Waals surface area contributed by atoms with Gasteiger partial charge >= 0.3 is 0 Å². The van der Waals surface area contributed by atoms with Crippen LogP contribution in [0.4, 0.5) is 0 Å². The van der Waals surface area contributed by atoms with Gasteiger partial charge in [-0.25, -0.2) is 9.67 Å². The number of hydrogen-bond acceptors (Lipinski definition) is 4. The monoisotopic (exact) mass is 516 g/mol. The van der Waals surface area contributed by atoms with Crippen molar-refractivity contribution in [2.75, 3.05) is 0 Å². The highest BCUT2D eigenvalue weighted by atomic mass is 15.4. The molecule has 1 aliphatic rings. The molecule has 39 heavy (non-hydrogen) atoms. The summed E-state index contributed by atoms with van der Waals surface area (Å²) in [5.74, 6) is 1.49. The van der Waals surface area contributed by atoms with Crippen LogP contribution in [0.1, 0.15) is 72.4 Å². The van der Waals surface area contributed by atoms with E-state index in [-0.39, 0.29) is 0 Å². The van der Waals surface area contributed by atoms with E-state index >= 15 is 0 Å². The molecule has 3 aromatic heterocycles. The Morgan fingerprint density at radius 1 is 0.974 bits per heavy atom. The van der Waals surface area contributed by atoms with Crippen molar-refractivity contribution in [2.24, 2.45) is 13.0 Å². The molecular formula is C33H36N6. The van der Waals surface area contributed by atoms with Crippen molar-refractivity contribution in [3.8, 4) is 0 Å². The van der Waals surface area contributed by atoms with Crippen molar-refractivity contribution in [3.05, 3.63) is 113 Å². The predicted octanol–water partition coefficient (Wildman–Crippen LogP) is 7.10. The quantitative estimate of drug-likeness (QED) is 0.221. The van der Waals surface area contributed by atoms with Gasteiger partial charge in [0.2, 0.25) is 0 Å². The minimum Gasteiger partial charge on any atom is -0.268 e. The van der Waals surface area contributed by atoms with E-state index in [4.69, 9.17) is 10.1 Å². The highest BCUT2D eigenvalue weighted by Crippen LogP contribution is 2.38. The number of aromatic nitrogens is 6. The first-order valence-electron chi connectivity index (χ1n) is 14.1. The third kappa shape index (κ3) is 5.70. The van der Waals surface area contributed by atoms with Crippen molar-refractivity contribution in [1.82, 2.24) is 29.8 Å². The Morgan fingerprint density at radius 3 is 2.49 bits per heavy atom. The summed E-state index contributed by atoms with van der Waals surface area (Å²) in [6.07, 6.45) is 14.0. The van der Waals surface area contributed by atoms with Gasteiger partial charge in [0.05, 0.1) is 12.7 Å². The number of aryl methyl sites for hydroxylation is 2. The molecule has 0 N–H and O–H groups in total. The minimum atomic E-state index is 0.716. The first-order valence-corrected chi connectivity index (χ1v) is 14.1. The van der Waals surface area contributed by atoms with Crippen molar-refractivity contribution < 1.29 is 0 Å². The highest BCUT2D eigenvalue weighted by Gasteiger charge is 2.22. The van der Waals surface area contributed by atoms with Crippen LogP contribution in [-0.2, 0) is 13.6 Å². The van der Waals surface area contributed by atoms with Gasteiger partial charge in [-0.3, -0.25) is 4.68 Å². The fraction of sp³-hybridized carbons (Fsp3) is 0.333. The van der Waals surface area contributed by atoms with Gasteiger partial charge in [-0.15, -0.1) is 5.10 Å². The molecule has 0 amide bonds. The highest BCUT2D eigenvalue weighted by molar-refractivity contribution is 5.92. The lowest BCUT2D eigenvalue weighted by Crippen LogP contribution is -2.13. The molecule has 0 atom stereocenters. The molecule has 0 spiro atoms. The summed E-state index contributed by atoms with van der Waals surface area (Å²) < 4.78 is 3.78. The lowest BCUT2D eigenvalue weighted by molar-refractivity contribution is 0.312. The Balaban J connectivity index is 1.23. The fourth-order valence-electron chi connectivity index (χ4n) is 6.05. The first-order chi connectivity index (χ1) is 19.1. The molecule has 6 heteroatoms. The van der Waals surface area contributed by atoms with Gasteiger partial charge in [-0.2, -0.15) is 5.10 Å². The normalized spacial score (nSPS) is 18.1. The van der Waals surface area contributed by atoms with Crippen LogP contribution >= 0.6 is 0 Å². The maximum atomic E-state index is 4.72. The SMILES string of the molecule is Cc1cc(/C(=C/CCC2CCC(c3ccccc3)CC2)c2cnn(Cc3ccccc3)c2)c2nnn(C)c2n1. The lowest BCUT2D eigenvalue weighted by Gasteiger charge is -2.28. The molecule has 0 unspecified atom stereocenters. The molecule has 2 aromatic carbocycles. The van der Waals surface area contributed by atoms with Crippen molar-refractivity contribution in [2.45, 2.75) is 57.9 Å². The molecule has 1 fully saturated rings. The van der Waals surface area contributed by atoms with Crippen LogP contribution in [0, 0.1) is 12.8 Å². The largest absolute Gasteiger partial charge is 0.268 e. The van der Waals surface area contributed by atoms with Crippen molar-refractivity contribution >= 4 is 16.7 Å². The topological polar surface area (TPSA) is 61.4 Å². The zero-order chi connectivity index (χ0) is 26.6. The smallest absolute Gasteiger partial charge is 0.179 e. The third-order valence-electron chi connectivity index (χ3n) is 8.15. The summed E-state index contributed by atoms with van der Waals surface area (Å²) in [5.41, 5.74) is 8.72. The van der Waals surface area contributed by atoms with Crippen LogP contribution in [0.25, 0.3) is 16.7 Å². The van der Waals surface area contributed by atoms with Crippen LogP contribution in [0.5, 0.6) is 0 Å². The lowest BCUT2D eigenvalue weighted by atomic mass is 9.77. The Morgan fingerprint density at radius 2 is 1.72 bits per heavy atom. The summed E-state index contributed by atoms with van der Waals surface area (Å²) in [5, 5.41) is 13.5. The summed E-state index contributed by atoms with van der Waals surface area (Å²) >= 11 is 0. The van der Waals surface area contributed by atoms with Crippen molar-refractivity contribution in [1.29, 1.82) is 0 Å². The molecule has 3 heterocycles. The van der Waals surface area contributed by atoms with E-state index in [9.17, 15) is 0 Å². The minimum absolute atomic E-state index is 0.716. The number of nitrogens with zero attached hydrogens (tertiary/aromatic N) is 6. The molecule has 198 valence electrons. The van der Waals surface area contributed by atoms with Crippen LogP contribution < -0.4 is 0 Å². The second-order valence-electron chi connectivity index (χ2n) is 10.9. The van der Waals surface area contributed by atoms with E-state index in [0.29, 0.717) is 5.92 Å². The van der Waals surface area contributed by atoms with Gasteiger partial charge in [0.1, 0.15) is 5.52 Å². The zero-order valence-corrected chi connectivity index (χ0v) is 22.9. The first kappa shape index (κ1) is 25.2. The predicted molar refractivity (Wildman–Crippen MR) is 156 cm³/mol. The van der Waals surface area contributed by atoms with E-state index in [1.807, 2.05) is 30.9 Å². The molecule has 0 aliphatic heterocycles. The maximum Gasteiger partial charge on any atom is 0.179 e. The average Bonchev–Trinajstić information content (AvgIpc) is 3.58. The molecule has 1 aliphatic carbocycles. The maximum absolute atomic E-state index is 4.72. The van der Waals surface area contributed by atoms with Crippen LogP contribution in [0.3, 0.4) is 0 Å². The summed E-state index contributed by atoms with van der Waals surface area (Å²) in [6, 6.07) is 23.7. The molecular weight excluding hydrogens is 480 g/mol. The second kappa shape index (κ2) is 11.4. The Labute approximate surface area is 230 Å². The van der Waals surface area contributed by atoms with Crippen LogP contribution in [-0.4, -0.2) is 29.8 Å². The Kier molecular flexibility index (Phi) is 7.35. The van der Waals surface area contributed by atoms with Gasteiger partial charge in [0.25, 0.3) is 0 Å². The standard InChI is InChI=1S/C33H36N6/c1-24-20-31(32-33(35-24)38(2)37-36-32)30(29-21-34-39(23-29)22-26-10-5-3-6-11-26)15-9-12-25-16-18-28(19-17-25)27-13-7-4-8-14-27/h3-8,10-11,13-15,20-21,23,25,28H,9,12,16-19,22H2,1-2H3/b30-15+. The molecule has 0 bridgehead atoms. The van der Waals surface area contributed by atoms with E-state index < -0.39 is 0 Å². The van der Waals surface area contributed by atoms with Crippen LogP contribution in [0.15, 0.2) is 85.2 Å². The molecule has 5 aromatic rings. The van der Waals surface area contributed by atoms with Gasteiger partial charge < -0.3 is 0 Å². The molecule has 0 saturated heterocycles. The zero-order valence-electron chi connectivity index (χ0n) is 22.9. The third-order valence-corrected chi connectivity index (χ3v) is 8.15. The Bertz CT molecular complexity index is 1560. The van der Waals surface area contributed by atoms with E-state index in [2.05, 4.69) is 83.2 Å². The number of benzene rings is 2. The van der Waals surface area contributed by atoms with E-state index in [1.54, 1.807) is 4.68 Å². The Hall–Kier alpha value is -4.06. The van der Waals surface area contributed by atoms with Gasteiger partial charge in [0.15, 0.2) is 5.65 Å². The van der Waals surface area contributed by atoms with Gasteiger partial charge in [-0.05, 0) is 80.1 Å². The summed E-state index contributed by atoms with van der Waals surface area (Å²) in [7, 11) is 1.90. The number of hydrogen-bond donors (Lipinski definition) is 0. The van der Waals surface area contributed by atoms with Crippen LogP contribution in [0.2, 0.25) is 0 Å². The van der Waals surface area contributed by atoms with E-state index in [0.717, 1.165) is 46.9 Å². The fourth-order valence-corrected chi connectivity index (χ4v) is 6.05.